The number of aromatic hydroxyl groups is 1. The largest absolute Gasteiger partial charge is 0.506 e. The second-order valence-electron chi connectivity index (χ2n) is 7.44. The molecule has 0 amide bonds. The summed E-state index contributed by atoms with van der Waals surface area (Å²) in [5, 5.41) is 22.8. The Labute approximate surface area is 197 Å². The van der Waals surface area contributed by atoms with E-state index in [2.05, 4.69) is 10.1 Å². The summed E-state index contributed by atoms with van der Waals surface area (Å²) in [6.07, 6.45) is -0.575. The number of benzene rings is 2. The fourth-order valence-corrected chi connectivity index (χ4v) is 3.58. The molecule has 0 bridgehead atoms. The zero-order valence-corrected chi connectivity index (χ0v) is 18.5. The first-order valence-corrected chi connectivity index (χ1v) is 10.4. The minimum atomic E-state index is -4.63. The SMILES string of the molecule is Cn1nc(C(F)(F)F)cc1-c1ccc(OCc2ccc(Cl)cc2)c(-c2cncc(C=N)c2)c1O. The van der Waals surface area contributed by atoms with Crippen LogP contribution in [0, 0.1) is 5.41 Å². The van der Waals surface area contributed by atoms with Crippen molar-refractivity contribution < 1.29 is 23.0 Å². The average Bonchev–Trinajstić information content (AvgIpc) is 3.20. The fraction of sp³-hybridized carbons (Fsp3) is 0.125. The lowest BCUT2D eigenvalue weighted by Gasteiger charge is -2.16. The third-order valence-corrected chi connectivity index (χ3v) is 5.36. The number of phenols is 1. The maximum atomic E-state index is 13.2. The Hall–Kier alpha value is -3.85. The lowest BCUT2D eigenvalue weighted by molar-refractivity contribution is -0.141. The van der Waals surface area contributed by atoms with Crippen molar-refractivity contribution in [3.8, 4) is 33.9 Å². The second-order valence-corrected chi connectivity index (χ2v) is 7.87. The van der Waals surface area contributed by atoms with Crippen LogP contribution in [0.25, 0.3) is 22.4 Å². The van der Waals surface area contributed by atoms with Crippen LogP contribution in [0.3, 0.4) is 0 Å². The molecule has 2 aromatic carbocycles. The first-order valence-electron chi connectivity index (χ1n) is 9.98. The Balaban J connectivity index is 1.82. The summed E-state index contributed by atoms with van der Waals surface area (Å²) in [6, 6.07) is 12.6. The number of nitrogens with zero attached hydrogens (tertiary/aromatic N) is 3. The summed E-state index contributed by atoms with van der Waals surface area (Å²) < 4.78 is 46.6. The molecule has 0 radical (unpaired) electrons. The van der Waals surface area contributed by atoms with Crippen molar-refractivity contribution in [2.24, 2.45) is 7.05 Å². The highest BCUT2D eigenvalue weighted by Gasteiger charge is 2.35. The highest BCUT2D eigenvalue weighted by molar-refractivity contribution is 6.30. The average molecular weight is 487 g/mol. The topological polar surface area (TPSA) is 84.0 Å². The van der Waals surface area contributed by atoms with Gasteiger partial charge in [0.1, 0.15) is 18.1 Å². The van der Waals surface area contributed by atoms with Gasteiger partial charge in [0, 0.05) is 47.4 Å². The molecule has 174 valence electrons. The zero-order chi connectivity index (χ0) is 24.5. The quantitative estimate of drug-likeness (QED) is 0.322. The number of hydrogen-bond donors (Lipinski definition) is 2. The van der Waals surface area contributed by atoms with Crippen molar-refractivity contribution in [3.63, 3.8) is 0 Å². The van der Waals surface area contributed by atoms with Crippen molar-refractivity contribution in [1.82, 2.24) is 14.8 Å². The summed E-state index contributed by atoms with van der Waals surface area (Å²) >= 11 is 5.93. The molecule has 2 heterocycles. The standard InChI is InChI=1S/C24H18ClF3N4O2/c1-32-19(9-21(31-32)24(26,27)28)18-6-7-20(34-13-14-2-4-17(25)5-3-14)22(23(18)33)16-8-15(10-29)11-30-12-16/h2-12,29,33H,13H2,1H3. The first-order chi connectivity index (χ1) is 16.2. The number of pyridine rings is 1. The van der Waals surface area contributed by atoms with Gasteiger partial charge in [0.2, 0.25) is 0 Å². The molecular weight excluding hydrogens is 469 g/mol. The van der Waals surface area contributed by atoms with Crippen LogP contribution >= 0.6 is 11.6 Å². The molecule has 0 saturated carbocycles. The molecule has 34 heavy (non-hydrogen) atoms. The molecule has 2 aromatic heterocycles. The van der Waals surface area contributed by atoms with Gasteiger partial charge in [0.15, 0.2) is 5.69 Å². The monoisotopic (exact) mass is 486 g/mol. The maximum Gasteiger partial charge on any atom is 0.435 e. The molecule has 4 aromatic rings. The van der Waals surface area contributed by atoms with E-state index in [0.29, 0.717) is 21.9 Å². The van der Waals surface area contributed by atoms with Crippen LogP contribution in [0.5, 0.6) is 11.5 Å². The van der Waals surface area contributed by atoms with E-state index >= 15 is 0 Å². The van der Waals surface area contributed by atoms with E-state index in [0.717, 1.165) is 22.5 Å². The summed E-state index contributed by atoms with van der Waals surface area (Å²) in [5.41, 5.74) is 1.12. The van der Waals surface area contributed by atoms with E-state index in [9.17, 15) is 18.3 Å². The minimum absolute atomic E-state index is 0.0755. The Morgan fingerprint density at radius 2 is 1.85 bits per heavy atom. The van der Waals surface area contributed by atoms with Crippen molar-refractivity contribution in [1.29, 1.82) is 5.41 Å². The number of rotatable bonds is 6. The lowest BCUT2D eigenvalue weighted by Crippen LogP contribution is -2.06. The molecule has 2 N–H and O–H groups in total. The zero-order valence-electron chi connectivity index (χ0n) is 17.8. The van der Waals surface area contributed by atoms with Gasteiger partial charge in [-0.2, -0.15) is 18.3 Å². The van der Waals surface area contributed by atoms with Gasteiger partial charge in [-0.05, 0) is 42.0 Å². The van der Waals surface area contributed by atoms with Gasteiger partial charge in [-0.25, -0.2) is 0 Å². The number of nitrogens with one attached hydrogen (secondary N) is 1. The summed E-state index contributed by atoms with van der Waals surface area (Å²) in [6.45, 7) is 0.157. The highest BCUT2D eigenvalue weighted by atomic mass is 35.5. The number of aryl methyl sites for hydroxylation is 1. The predicted molar refractivity (Wildman–Crippen MR) is 122 cm³/mol. The van der Waals surface area contributed by atoms with Gasteiger partial charge in [-0.3, -0.25) is 9.67 Å². The molecule has 0 spiro atoms. The van der Waals surface area contributed by atoms with Crippen molar-refractivity contribution in [2.75, 3.05) is 0 Å². The van der Waals surface area contributed by atoms with Crippen LogP contribution in [-0.2, 0) is 19.8 Å². The Kier molecular flexibility index (Phi) is 6.30. The van der Waals surface area contributed by atoms with Crippen molar-refractivity contribution in [3.05, 3.63) is 82.8 Å². The molecule has 0 aliphatic rings. The van der Waals surface area contributed by atoms with E-state index in [4.69, 9.17) is 21.7 Å². The molecule has 0 aliphatic carbocycles. The Bertz CT molecular complexity index is 1350. The van der Waals surface area contributed by atoms with Crippen molar-refractivity contribution >= 4 is 17.8 Å². The molecule has 0 saturated heterocycles. The number of alkyl halides is 3. The normalized spacial score (nSPS) is 11.4. The molecule has 0 fully saturated rings. The summed E-state index contributed by atoms with van der Waals surface area (Å²) in [5.74, 6) is -0.00685. The molecule has 0 aliphatic heterocycles. The number of aromatic nitrogens is 3. The van der Waals surface area contributed by atoms with Crippen LogP contribution < -0.4 is 4.74 Å². The Morgan fingerprint density at radius 1 is 1.12 bits per heavy atom. The molecular formula is C24H18ClF3N4O2. The van der Waals surface area contributed by atoms with Crippen LogP contribution in [0.1, 0.15) is 16.8 Å². The molecule has 0 atom stereocenters. The van der Waals surface area contributed by atoms with Gasteiger partial charge in [-0.1, -0.05) is 23.7 Å². The third kappa shape index (κ3) is 4.74. The van der Waals surface area contributed by atoms with E-state index in [1.165, 1.54) is 25.5 Å². The van der Waals surface area contributed by atoms with Crippen LogP contribution in [0.2, 0.25) is 5.02 Å². The summed E-state index contributed by atoms with van der Waals surface area (Å²) in [7, 11) is 1.37. The molecule has 6 nitrogen and oxygen atoms in total. The van der Waals surface area contributed by atoms with E-state index < -0.39 is 11.9 Å². The number of phenolic OH excluding ortho intramolecular Hbond substituents is 1. The smallest absolute Gasteiger partial charge is 0.435 e. The number of hydrogen-bond acceptors (Lipinski definition) is 5. The number of halogens is 4. The molecule has 0 unspecified atom stereocenters. The number of ether oxygens (including phenoxy) is 1. The van der Waals surface area contributed by atoms with Crippen molar-refractivity contribution in [2.45, 2.75) is 12.8 Å². The fourth-order valence-electron chi connectivity index (χ4n) is 3.45. The predicted octanol–water partition coefficient (Wildman–Crippen LogP) is 6.10. The van der Waals surface area contributed by atoms with Crippen LogP contribution in [0.4, 0.5) is 13.2 Å². The highest BCUT2D eigenvalue weighted by Crippen LogP contribution is 2.45. The van der Waals surface area contributed by atoms with E-state index in [1.54, 1.807) is 36.4 Å². The Morgan fingerprint density at radius 3 is 2.50 bits per heavy atom. The van der Waals surface area contributed by atoms with Gasteiger partial charge in [0.25, 0.3) is 0 Å². The van der Waals surface area contributed by atoms with Gasteiger partial charge < -0.3 is 15.3 Å². The van der Waals surface area contributed by atoms with Crippen LogP contribution in [0.15, 0.2) is 60.9 Å². The van der Waals surface area contributed by atoms with Gasteiger partial charge >= 0.3 is 6.18 Å². The third-order valence-electron chi connectivity index (χ3n) is 5.11. The van der Waals surface area contributed by atoms with Gasteiger partial charge in [0.05, 0.1) is 11.3 Å². The lowest BCUT2D eigenvalue weighted by atomic mass is 9.98. The van der Waals surface area contributed by atoms with E-state index in [1.807, 2.05) is 0 Å². The summed E-state index contributed by atoms with van der Waals surface area (Å²) in [4.78, 5) is 4.10. The molecule has 4 rings (SSSR count). The minimum Gasteiger partial charge on any atom is -0.506 e. The van der Waals surface area contributed by atoms with Gasteiger partial charge in [-0.15, -0.1) is 0 Å². The second kappa shape index (κ2) is 9.18. The van der Waals surface area contributed by atoms with E-state index in [-0.39, 0.29) is 29.2 Å². The first kappa shape index (κ1) is 23.3. The maximum absolute atomic E-state index is 13.2. The molecule has 10 heteroatoms. The van der Waals surface area contributed by atoms with Crippen LogP contribution in [-0.4, -0.2) is 26.1 Å².